The number of aromatic amines is 1. The van der Waals surface area contributed by atoms with Crippen LogP contribution in [-0.4, -0.2) is 41.4 Å². The summed E-state index contributed by atoms with van der Waals surface area (Å²) >= 11 is 0. The summed E-state index contributed by atoms with van der Waals surface area (Å²) in [5, 5.41) is 0. The molecule has 0 bridgehead atoms. The Morgan fingerprint density at radius 1 is 1.08 bits per heavy atom. The Kier molecular flexibility index (Phi) is 6.51. The number of hydrogen-bond acceptors (Lipinski definition) is 6. The predicted octanol–water partition coefficient (Wildman–Crippen LogP) is 0.521. The number of carbonyl (C=O) groups excluding carboxylic acids is 4. The number of esters is 2. The number of ether oxygens (including phenoxy) is 2. The Hall–Kier alpha value is -2.84. The van der Waals surface area contributed by atoms with Crippen LogP contribution in [0.1, 0.15) is 52.9 Å². The first kappa shape index (κ1) is 19.2. The van der Waals surface area contributed by atoms with Crippen molar-refractivity contribution in [2.45, 2.75) is 40.7 Å². The number of amides is 2. The third-order valence-electron chi connectivity index (χ3n) is 2.90. The molecule has 0 saturated heterocycles. The zero-order chi connectivity index (χ0) is 18.4. The van der Waals surface area contributed by atoms with Crippen molar-refractivity contribution in [2.24, 2.45) is 0 Å². The van der Waals surface area contributed by atoms with Crippen LogP contribution in [0.5, 0.6) is 0 Å². The van der Waals surface area contributed by atoms with Crippen molar-refractivity contribution in [2.75, 3.05) is 6.61 Å². The van der Waals surface area contributed by atoms with Crippen LogP contribution in [-0.2, 0) is 19.1 Å². The molecule has 9 nitrogen and oxygen atoms in total. The fourth-order valence-corrected chi connectivity index (χ4v) is 1.93. The Balaban J connectivity index is 2.77. The standard InChI is InChI=1S/C15H21N3O6/c1-7(2)24-14(21)12-8(3)13(16-9(12)4)15(22)23-6-11(20)18-17-10(5)19/h7,16H,6H2,1-5H3,(H,17,19)(H,18,20). The van der Waals surface area contributed by atoms with Crippen LogP contribution in [0.15, 0.2) is 0 Å². The monoisotopic (exact) mass is 339 g/mol. The number of aromatic nitrogens is 1. The van der Waals surface area contributed by atoms with Gasteiger partial charge < -0.3 is 14.5 Å². The molecule has 0 aliphatic rings. The summed E-state index contributed by atoms with van der Waals surface area (Å²) in [6, 6.07) is 0. The molecule has 0 aliphatic heterocycles. The minimum atomic E-state index is -0.794. The molecule has 0 aromatic carbocycles. The minimum Gasteiger partial charge on any atom is -0.459 e. The fraction of sp³-hybridized carbons (Fsp3) is 0.467. The van der Waals surface area contributed by atoms with Gasteiger partial charge in [0.05, 0.1) is 11.7 Å². The highest BCUT2D eigenvalue weighted by molar-refractivity contribution is 5.99. The summed E-state index contributed by atoms with van der Waals surface area (Å²) in [6.07, 6.45) is -0.293. The van der Waals surface area contributed by atoms with E-state index in [-0.39, 0.29) is 17.4 Å². The molecule has 132 valence electrons. The second-order valence-corrected chi connectivity index (χ2v) is 5.38. The number of hydrogen-bond donors (Lipinski definition) is 3. The highest BCUT2D eigenvalue weighted by atomic mass is 16.5. The molecule has 0 radical (unpaired) electrons. The second kappa shape index (κ2) is 8.14. The molecule has 0 spiro atoms. The zero-order valence-electron chi connectivity index (χ0n) is 14.2. The number of hydrazine groups is 1. The Bertz CT molecular complexity index is 662. The lowest BCUT2D eigenvalue weighted by Crippen LogP contribution is -2.42. The van der Waals surface area contributed by atoms with Gasteiger partial charge in [0.2, 0.25) is 5.91 Å². The minimum absolute atomic E-state index is 0.0653. The number of carbonyl (C=O) groups is 4. The van der Waals surface area contributed by atoms with E-state index in [4.69, 9.17) is 9.47 Å². The third kappa shape index (κ3) is 5.11. The van der Waals surface area contributed by atoms with Gasteiger partial charge in [-0.1, -0.05) is 0 Å². The molecule has 1 heterocycles. The smallest absolute Gasteiger partial charge is 0.355 e. The molecule has 9 heteroatoms. The van der Waals surface area contributed by atoms with Gasteiger partial charge in [-0.2, -0.15) is 0 Å². The van der Waals surface area contributed by atoms with Crippen molar-refractivity contribution in [3.63, 3.8) is 0 Å². The second-order valence-electron chi connectivity index (χ2n) is 5.38. The quantitative estimate of drug-likeness (QED) is 0.530. The van der Waals surface area contributed by atoms with Crippen molar-refractivity contribution < 1.29 is 28.7 Å². The molecule has 2 amide bonds. The molecule has 1 aromatic rings. The topological polar surface area (TPSA) is 127 Å². The lowest BCUT2D eigenvalue weighted by Gasteiger charge is -2.08. The first-order chi connectivity index (χ1) is 11.1. The maximum atomic E-state index is 12.0. The normalized spacial score (nSPS) is 10.2. The maximum absolute atomic E-state index is 12.0. The van der Waals surface area contributed by atoms with Gasteiger partial charge in [-0.15, -0.1) is 0 Å². The van der Waals surface area contributed by atoms with E-state index < -0.39 is 30.4 Å². The maximum Gasteiger partial charge on any atom is 0.355 e. The Labute approximate surface area is 139 Å². The van der Waals surface area contributed by atoms with Gasteiger partial charge in [-0.3, -0.25) is 20.4 Å². The van der Waals surface area contributed by atoms with E-state index in [1.165, 1.54) is 6.92 Å². The van der Waals surface area contributed by atoms with Gasteiger partial charge in [0.25, 0.3) is 5.91 Å². The van der Waals surface area contributed by atoms with Crippen molar-refractivity contribution in [3.05, 3.63) is 22.5 Å². The van der Waals surface area contributed by atoms with Crippen LogP contribution >= 0.6 is 0 Å². The Morgan fingerprint density at radius 3 is 2.25 bits per heavy atom. The van der Waals surface area contributed by atoms with E-state index in [9.17, 15) is 19.2 Å². The van der Waals surface area contributed by atoms with Gasteiger partial charge in [-0.25, -0.2) is 9.59 Å². The number of H-pyrrole nitrogens is 1. The average Bonchev–Trinajstić information content (AvgIpc) is 2.76. The molecule has 24 heavy (non-hydrogen) atoms. The predicted molar refractivity (Wildman–Crippen MR) is 83.1 cm³/mol. The summed E-state index contributed by atoms with van der Waals surface area (Å²) in [5.41, 5.74) is 5.30. The van der Waals surface area contributed by atoms with E-state index in [0.29, 0.717) is 11.3 Å². The summed E-state index contributed by atoms with van der Waals surface area (Å²) < 4.78 is 9.97. The van der Waals surface area contributed by atoms with Crippen molar-refractivity contribution in [3.8, 4) is 0 Å². The van der Waals surface area contributed by atoms with Gasteiger partial charge in [-0.05, 0) is 33.3 Å². The van der Waals surface area contributed by atoms with Crippen LogP contribution in [0.2, 0.25) is 0 Å². The van der Waals surface area contributed by atoms with Crippen molar-refractivity contribution >= 4 is 23.8 Å². The van der Waals surface area contributed by atoms with Gasteiger partial charge in [0, 0.05) is 12.6 Å². The number of rotatable bonds is 5. The summed E-state index contributed by atoms with van der Waals surface area (Å²) in [4.78, 5) is 48.9. The van der Waals surface area contributed by atoms with E-state index >= 15 is 0 Å². The van der Waals surface area contributed by atoms with Crippen molar-refractivity contribution in [1.82, 2.24) is 15.8 Å². The first-order valence-corrected chi connectivity index (χ1v) is 7.26. The molecule has 1 aromatic heterocycles. The SMILES string of the molecule is CC(=O)NNC(=O)COC(=O)c1[nH]c(C)c(C(=O)OC(C)C)c1C. The number of nitrogens with one attached hydrogen (secondary N) is 3. The van der Waals surface area contributed by atoms with Crippen LogP contribution in [0.4, 0.5) is 0 Å². The molecule has 3 N–H and O–H groups in total. The van der Waals surface area contributed by atoms with E-state index in [1.807, 2.05) is 0 Å². The summed E-state index contributed by atoms with van der Waals surface area (Å²) in [6.45, 7) is 7.28. The lowest BCUT2D eigenvalue weighted by atomic mass is 10.1. The third-order valence-corrected chi connectivity index (χ3v) is 2.90. The van der Waals surface area contributed by atoms with Crippen molar-refractivity contribution in [1.29, 1.82) is 0 Å². The van der Waals surface area contributed by atoms with Gasteiger partial charge in [0.1, 0.15) is 5.69 Å². The van der Waals surface area contributed by atoms with Crippen LogP contribution in [0.25, 0.3) is 0 Å². The molecule has 0 atom stereocenters. The summed E-state index contributed by atoms with van der Waals surface area (Å²) in [7, 11) is 0. The van der Waals surface area contributed by atoms with Gasteiger partial charge in [0.15, 0.2) is 6.61 Å². The van der Waals surface area contributed by atoms with Gasteiger partial charge >= 0.3 is 11.9 Å². The number of aryl methyl sites for hydroxylation is 1. The molecule has 0 saturated carbocycles. The molecule has 0 unspecified atom stereocenters. The summed E-state index contributed by atoms with van der Waals surface area (Å²) in [5.74, 6) is -2.49. The average molecular weight is 339 g/mol. The molecular weight excluding hydrogens is 318 g/mol. The van der Waals surface area contributed by atoms with E-state index in [1.54, 1.807) is 27.7 Å². The lowest BCUT2D eigenvalue weighted by molar-refractivity contribution is -0.129. The molecule has 1 rings (SSSR count). The highest BCUT2D eigenvalue weighted by Crippen LogP contribution is 2.20. The molecule has 0 fully saturated rings. The fourth-order valence-electron chi connectivity index (χ4n) is 1.93. The van der Waals surface area contributed by atoms with Crippen LogP contribution in [0.3, 0.4) is 0 Å². The first-order valence-electron chi connectivity index (χ1n) is 7.26. The highest BCUT2D eigenvalue weighted by Gasteiger charge is 2.24. The largest absolute Gasteiger partial charge is 0.459 e. The van der Waals surface area contributed by atoms with E-state index in [2.05, 4.69) is 15.8 Å². The van der Waals surface area contributed by atoms with E-state index in [0.717, 1.165) is 0 Å². The molecule has 0 aliphatic carbocycles. The zero-order valence-corrected chi connectivity index (χ0v) is 14.2. The van der Waals surface area contributed by atoms with Crippen LogP contribution in [0, 0.1) is 13.8 Å². The molecular formula is C15H21N3O6. The Morgan fingerprint density at radius 2 is 1.71 bits per heavy atom. The van der Waals surface area contributed by atoms with Crippen LogP contribution < -0.4 is 10.9 Å².